The molecule has 0 aliphatic heterocycles. The fraction of sp³-hybridized carbons (Fsp3) is 1.00. The van der Waals surface area contributed by atoms with Gasteiger partial charge in [0.1, 0.15) is 0 Å². The minimum absolute atomic E-state index is 0.525. The highest BCUT2D eigenvalue weighted by molar-refractivity contribution is 4.98. The van der Waals surface area contributed by atoms with Gasteiger partial charge in [0.05, 0.1) is 0 Å². The molecule has 0 nitrogen and oxygen atoms in total. The average Bonchev–Trinajstić information content (AvgIpc) is 2.39. The molecule has 90 valence electrons. The van der Waals surface area contributed by atoms with Crippen molar-refractivity contribution in [3.05, 3.63) is 0 Å². The fourth-order valence-corrected chi connectivity index (χ4v) is 3.35. The summed E-state index contributed by atoms with van der Waals surface area (Å²) in [4.78, 5) is 0. The lowest BCUT2D eigenvalue weighted by molar-refractivity contribution is 0.0707. The molecule has 0 heteroatoms. The smallest absolute Gasteiger partial charge is 0.0269 e. The molecule has 0 aromatic rings. The first-order valence-corrected chi connectivity index (χ1v) is 6.72. The number of rotatable bonds is 4. The van der Waals surface area contributed by atoms with Gasteiger partial charge < -0.3 is 0 Å². The van der Waals surface area contributed by atoms with Crippen molar-refractivity contribution >= 4 is 0 Å². The molecule has 0 spiro atoms. The quantitative estimate of drug-likeness (QED) is 0.581. The summed E-state index contributed by atoms with van der Waals surface area (Å²) in [6, 6.07) is 0. The Kier molecular flexibility index (Phi) is 3.58. The lowest BCUT2D eigenvalue weighted by Gasteiger charge is -2.43. The van der Waals surface area contributed by atoms with E-state index in [9.17, 15) is 0 Å². The Hall–Kier alpha value is 0. The molecule has 1 saturated carbocycles. The molecule has 0 radical (unpaired) electrons. The minimum Gasteiger partial charge on any atom is -0.0654 e. The molecule has 1 fully saturated rings. The predicted molar refractivity (Wildman–Crippen MR) is 69.0 cm³/mol. The molecule has 0 heterocycles. The predicted octanol–water partition coefficient (Wildman–Crippen LogP) is 5.42. The minimum atomic E-state index is 0.525. The summed E-state index contributed by atoms with van der Waals surface area (Å²) in [5, 5.41) is 0. The third-order valence-electron chi connectivity index (χ3n) is 5.01. The molecule has 1 unspecified atom stereocenters. The van der Waals surface area contributed by atoms with Crippen LogP contribution in [-0.2, 0) is 0 Å². The first-order valence-electron chi connectivity index (χ1n) is 6.72. The summed E-state index contributed by atoms with van der Waals surface area (Å²) >= 11 is 0. The highest BCUT2D eigenvalue weighted by atomic mass is 14.5. The van der Waals surface area contributed by atoms with Gasteiger partial charge in [-0.15, -0.1) is 0 Å². The molecule has 0 aromatic carbocycles. The van der Waals surface area contributed by atoms with E-state index in [2.05, 4.69) is 41.5 Å². The summed E-state index contributed by atoms with van der Waals surface area (Å²) in [7, 11) is 0. The van der Waals surface area contributed by atoms with Crippen LogP contribution in [0.25, 0.3) is 0 Å². The molecule has 0 aromatic heterocycles. The van der Waals surface area contributed by atoms with Gasteiger partial charge >= 0.3 is 0 Å². The van der Waals surface area contributed by atoms with Crippen molar-refractivity contribution in [3.8, 4) is 0 Å². The Morgan fingerprint density at radius 3 is 2.07 bits per heavy atom. The Bertz CT molecular complexity index is 212. The van der Waals surface area contributed by atoms with Gasteiger partial charge in [-0.2, -0.15) is 0 Å². The van der Waals surface area contributed by atoms with Gasteiger partial charge in [-0.1, -0.05) is 54.4 Å². The van der Waals surface area contributed by atoms with E-state index in [1.807, 2.05) is 0 Å². The maximum Gasteiger partial charge on any atom is -0.0269 e. The molecule has 1 aliphatic carbocycles. The van der Waals surface area contributed by atoms with Gasteiger partial charge in [0.2, 0.25) is 0 Å². The Labute approximate surface area is 96.8 Å². The third kappa shape index (κ3) is 2.77. The maximum absolute atomic E-state index is 2.53. The van der Waals surface area contributed by atoms with Crippen molar-refractivity contribution in [2.45, 2.75) is 80.1 Å². The van der Waals surface area contributed by atoms with E-state index in [0.717, 1.165) is 0 Å². The van der Waals surface area contributed by atoms with Crippen molar-refractivity contribution < 1.29 is 0 Å². The normalized spacial score (nSPS) is 30.8. The van der Waals surface area contributed by atoms with Crippen LogP contribution in [0.1, 0.15) is 80.1 Å². The van der Waals surface area contributed by atoms with Crippen LogP contribution in [0, 0.1) is 16.2 Å². The summed E-state index contributed by atoms with van der Waals surface area (Å²) in [6.45, 7) is 14.7. The topological polar surface area (TPSA) is 0 Å². The van der Waals surface area contributed by atoms with E-state index in [1.54, 1.807) is 0 Å². The van der Waals surface area contributed by atoms with E-state index >= 15 is 0 Å². The zero-order chi connectivity index (χ0) is 11.7. The molecule has 0 bridgehead atoms. The number of hydrogen-bond acceptors (Lipinski definition) is 0. The van der Waals surface area contributed by atoms with Crippen molar-refractivity contribution in [3.63, 3.8) is 0 Å². The molecule has 0 saturated heterocycles. The summed E-state index contributed by atoms with van der Waals surface area (Å²) in [5.74, 6) is 0. The molecule has 1 rings (SSSR count). The summed E-state index contributed by atoms with van der Waals surface area (Å²) in [5.41, 5.74) is 1.68. The van der Waals surface area contributed by atoms with E-state index in [4.69, 9.17) is 0 Å². The van der Waals surface area contributed by atoms with Crippen LogP contribution in [0.5, 0.6) is 0 Å². The van der Waals surface area contributed by atoms with Gasteiger partial charge in [0.25, 0.3) is 0 Å². The van der Waals surface area contributed by atoms with Crippen LogP contribution in [-0.4, -0.2) is 0 Å². The lowest BCUT2D eigenvalue weighted by atomic mass is 9.62. The van der Waals surface area contributed by atoms with Gasteiger partial charge in [-0.25, -0.2) is 0 Å². The van der Waals surface area contributed by atoms with Crippen LogP contribution in [0.2, 0.25) is 0 Å². The molecule has 1 atom stereocenters. The zero-order valence-corrected chi connectivity index (χ0v) is 11.7. The van der Waals surface area contributed by atoms with Crippen molar-refractivity contribution in [1.82, 2.24) is 0 Å². The third-order valence-corrected chi connectivity index (χ3v) is 5.01. The van der Waals surface area contributed by atoms with Crippen molar-refractivity contribution in [1.29, 1.82) is 0 Å². The standard InChI is InChI=1S/C15H30/c1-7-8-9-14(4,5)15(6)11-10-13(2,3)12-15/h7-12H2,1-6H3. The van der Waals surface area contributed by atoms with Crippen LogP contribution < -0.4 is 0 Å². The van der Waals surface area contributed by atoms with Crippen LogP contribution in [0.15, 0.2) is 0 Å². The lowest BCUT2D eigenvalue weighted by Crippen LogP contribution is -2.33. The Morgan fingerprint density at radius 2 is 1.67 bits per heavy atom. The average molecular weight is 210 g/mol. The summed E-state index contributed by atoms with van der Waals surface area (Å²) in [6.07, 6.45) is 8.38. The molecule has 1 aliphatic rings. The van der Waals surface area contributed by atoms with Crippen molar-refractivity contribution in [2.24, 2.45) is 16.2 Å². The molecular weight excluding hydrogens is 180 g/mol. The maximum atomic E-state index is 2.53. The second-order valence-corrected chi connectivity index (χ2v) is 7.39. The SMILES string of the molecule is CCCCC(C)(C)C1(C)CCC(C)(C)C1. The molecule has 0 N–H and O–H groups in total. The molecule has 0 amide bonds. The molecule has 15 heavy (non-hydrogen) atoms. The first-order chi connectivity index (χ1) is 6.72. The van der Waals surface area contributed by atoms with Crippen LogP contribution in [0.4, 0.5) is 0 Å². The van der Waals surface area contributed by atoms with Crippen LogP contribution in [0.3, 0.4) is 0 Å². The van der Waals surface area contributed by atoms with Gasteiger partial charge in [-0.05, 0) is 41.9 Å². The van der Waals surface area contributed by atoms with Gasteiger partial charge in [0.15, 0.2) is 0 Å². The monoisotopic (exact) mass is 210 g/mol. The Balaban J connectivity index is 2.69. The number of hydrogen-bond donors (Lipinski definition) is 0. The first kappa shape index (κ1) is 13.1. The summed E-state index contributed by atoms with van der Waals surface area (Å²) < 4.78 is 0. The van der Waals surface area contributed by atoms with E-state index in [1.165, 1.54) is 38.5 Å². The fourth-order valence-electron chi connectivity index (χ4n) is 3.35. The zero-order valence-electron chi connectivity index (χ0n) is 11.7. The van der Waals surface area contributed by atoms with Crippen molar-refractivity contribution in [2.75, 3.05) is 0 Å². The second-order valence-electron chi connectivity index (χ2n) is 7.39. The van der Waals surface area contributed by atoms with Gasteiger partial charge in [0, 0.05) is 0 Å². The van der Waals surface area contributed by atoms with E-state index in [0.29, 0.717) is 16.2 Å². The van der Waals surface area contributed by atoms with Gasteiger partial charge in [-0.3, -0.25) is 0 Å². The Morgan fingerprint density at radius 1 is 1.07 bits per heavy atom. The highest BCUT2D eigenvalue weighted by Crippen LogP contribution is 2.58. The highest BCUT2D eigenvalue weighted by Gasteiger charge is 2.48. The number of unbranched alkanes of at least 4 members (excludes halogenated alkanes) is 1. The van der Waals surface area contributed by atoms with E-state index in [-0.39, 0.29) is 0 Å². The molecular formula is C15H30. The van der Waals surface area contributed by atoms with Crippen LogP contribution >= 0.6 is 0 Å². The second kappa shape index (κ2) is 4.11. The largest absolute Gasteiger partial charge is 0.0654 e. The van der Waals surface area contributed by atoms with E-state index < -0.39 is 0 Å².